The van der Waals surface area contributed by atoms with E-state index in [0.717, 1.165) is 49.3 Å². The fourth-order valence-corrected chi connectivity index (χ4v) is 4.94. The summed E-state index contributed by atoms with van der Waals surface area (Å²) in [5.74, 6) is 0.0221. The van der Waals surface area contributed by atoms with Gasteiger partial charge >= 0.3 is 0 Å². The number of carbonyl (C=O) groups excluding carboxylic acids is 1. The molecule has 1 amide bonds. The first-order valence-electron chi connectivity index (χ1n) is 11.8. The number of aliphatic hydroxyl groups excluding tert-OH is 1. The van der Waals surface area contributed by atoms with Crippen LogP contribution in [0.4, 0.5) is 5.69 Å². The quantitative estimate of drug-likeness (QED) is 0.587. The number of benzene rings is 3. The third-order valence-electron chi connectivity index (χ3n) is 6.72. The number of hydrogen-bond donors (Lipinski definition) is 2. The Kier molecular flexibility index (Phi) is 6.42. The largest absolute Gasteiger partial charge is 0.390 e. The highest BCUT2D eigenvalue weighted by atomic mass is 16.3. The lowest BCUT2D eigenvalue weighted by molar-refractivity contribution is 0.0493. The number of amides is 1. The lowest BCUT2D eigenvalue weighted by atomic mass is 9.97. The number of aliphatic hydroxyl groups is 1. The van der Waals surface area contributed by atoms with Gasteiger partial charge in [-0.3, -0.25) is 9.69 Å². The summed E-state index contributed by atoms with van der Waals surface area (Å²) < 4.78 is 0. The van der Waals surface area contributed by atoms with E-state index in [-0.39, 0.29) is 5.91 Å². The molecule has 5 nitrogen and oxygen atoms in total. The SMILES string of the molecule is O=C1c2ccc(NCc3ccccc3)cc2CCN1C[C@H](O)CN1CCc2ccccc2C1. The Bertz CT molecular complexity index is 1120. The van der Waals surface area contributed by atoms with E-state index in [1.165, 1.54) is 16.7 Å². The van der Waals surface area contributed by atoms with Crippen molar-refractivity contribution in [2.45, 2.75) is 32.0 Å². The maximum Gasteiger partial charge on any atom is 0.254 e. The van der Waals surface area contributed by atoms with Gasteiger partial charge < -0.3 is 15.3 Å². The fraction of sp³-hybridized carbons (Fsp3) is 0.321. The molecule has 2 N–H and O–H groups in total. The lowest BCUT2D eigenvalue weighted by Crippen LogP contribution is -2.46. The van der Waals surface area contributed by atoms with Crippen LogP contribution in [-0.2, 0) is 25.9 Å². The molecule has 0 fully saturated rings. The third kappa shape index (κ3) is 5.10. The maximum atomic E-state index is 13.1. The van der Waals surface area contributed by atoms with Gasteiger partial charge in [-0.05, 0) is 53.3 Å². The molecule has 0 spiro atoms. The normalized spacial score (nSPS) is 16.8. The highest BCUT2D eigenvalue weighted by molar-refractivity contribution is 5.97. The molecule has 33 heavy (non-hydrogen) atoms. The van der Waals surface area contributed by atoms with Crippen molar-refractivity contribution < 1.29 is 9.90 Å². The highest BCUT2D eigenvalue weighted by Crippen LogP contribution is 2.24. The monoisotopic (exact) mass is 441 g/mol. The van der Waals surface area contributed by atoms with Crippen LogP contribution in [-0.4, -0.2) is 53.1 Å². The van der Waals surface area contributed by atoms with Crippen LogP contribution in [0.15, 0.2) is 72.8 Å². The number of carbonyl (C=O) groups is 1. The van der Waals surface area contributed by atoms with Crippen LogP contribution in [0.3, 0.4) is 0 Å². The molecule has 0 aliphatic carbocycles. The minimum absolute atomic E-state index is 0.0221. The van der Waals surface area contributed by atoms with Crippen LogP contribution < -0.4 is 5.32 Å². The predicted octanol–water partition coefficient (Wildman–Crippen LogP) is 3.72. The molecule has 3 aromatic carbocycles. The number of hydrogen-bond acceptors (Lipinski definition) is 4. The van der Waals surface area contributed by atoms with Crippen molar-refractivity contribution in [1.29, 1.82) is 0 Å². The van der Waals surface area contributed by atoms with Crippen LogP contribution >= 0.6 is 0 Å². The Morgan fingerprint density at radius 1 is 0.848 bits per heavy atom. The number of β-amino-alcohol motifs (C(OH)–C–C–N with tert-alkyl or cyclic N) is 1. The average Bonchev–Trinajstić information content (AvgIpc) is 2.85. The molecule has 0 radical (unpaired) electrons. The summed E-state index contributed by atoms with van der Waals surface area (Å²) in [7, 11) is 0. The smallest absolute Gasteiger partial charge is 0.254 e. The van der Waals surface area contributed by atoms with Crippen molar-refractivity contribution in [2.24, 2.45) is 0 Å². The average molecular weight is 442 g/mol. The van der Waals surface area contributed by atoms with Gasteiger partial charge in [0.2, 0.25) is 0 Å². The van der Waals surface area contributed by atoms with Crippen molar-refractivity contribution in [3.8, 4) is 0 Å². The zero-order chi connectivity index (χ0) is 22.6. The summed E-state index contributed by atoms with van der Waals surface area (Å²) in [5.41, 5.74) is 6.84. The second kappa shape index (κ2) is 9.77. The van der Waals surface area contributed by atoms with Crippen LogP contribution in [0.2, 0.25) is 0 Å². The molecular weight excluding hydrogens is 410 g/mol. The number of nitrogens with zero attached hydrogens (tertiary/aromatic N) is 2. The molecule has 0 unspecified atom stereocenters. The van der Waals surface area contributed by atoms with Crippen molar-refractivity contribution in [3.63, 3.8) is 0 Å². The van der Waals surface area contributed by atoms with Crippen molar-refractivity contribution in [2.75, 3.05) is 31.5 Å². The Labute approximate surface area is 195 Å². The molecule has 2 aliphatic rings. The van der Waals surface area contributed by atoms with E-state index in [1.54, 1.807) is 0 Å². The topological polar surface area (TPSA) is 55.8 Å². The fourth-order valence-electron chi connectivity index (χ4n) is 4.94. The number of rotatable bonds is 7. The van der Waals surface area contributed by atoms with Crippen LogP contribution in [0.25, 0.3) is 0 Å². The Hall–Kier alpha value is -3.15. The van der Waals surface area contributed by atoms with E-state index in [2.05, 4.69) is 52.7 Å². The first-order chi connectivity index (χ1) is 16.2. The maximum absolute atomic E-state index is 13.1. The van der Waals surface area contributed by atoms with Crippen molar-refractivity contribution in [1.82, 2.24) is 9.80 Å². The van der Waals surface area contributed by atoms with E-state index < -0.39 is 6.10 Å². The van der Waals surface area contributed by atoms with E-state index >= 15 is 0 Å². The van der Waals surface area contributed by atoms with Gasteiger partial charge in [0, 0.05) is 50.5 Å². The molecule has 5 rings (SSSR count). The van der Waals surface area contributed by atoms with Gasteiger partial charge in [-0.1, -0.05) is 54.6 Å². The number of fused-ring (bicyclic) bond motifs is 2. The molecule has 3 aromatic rings. The van der Waals surface area contributed by atoms with Gasteiger partial charge in [-0.2, -0.15) is 0 Å². The summed E-state index contributed by atoms with van der Waals surface area (Å²) in [6.45, 7) is 4.19. The molecule has 5 heteroatoms. The summed E-state index contributed by atoms with van der Waals surface area (Å²) in [6.07, 6.45) is 1.28. The van der Waals surface area contributed by atoms with Crippen LogP contribution in [0.5, 0.6) is 0 Å². The second-order valence-corrected chi connectivity index (χ2v) is 9.12. The zero-order valence-electron chi connectivity index (χ0n) is 18.9. The molecule has 0 aromatic heterocycles. The first-order valence-corrected chi connectivity index (χ1v) is 11.8. The minimum atomic E-state index is -0.549. The molecule has 2 heterocycles. The predicted molar refractivity (Wildman–Crippen MR) is 131 cm³/mol. The lowest BCUT2D eigenvalue weighted by Gasteiger charge is -2.34. The van der Waals surface area contributed by atoms with Gasteiger partial charge in [-0.25, -0.2) is 0 Å². The highest BCUT2D eigenvalue weighted by Gasteiger charge is 2.27. The van der Waals surface area contributed by atoms with E-state index in [1.807, 2.05) is 35.2 Å². The van der Waals surface area contributed by atoms with Gasteiger partial charge in [0.1, 0.15) is 0 Å². The number of anilines is 1. The second-order valence-electron chi connectivity index (χ2n) is 9.12. The Morgan fingerprint density at radius 3 is 2.45 bits per heavy atom. The van der Waals surface area contributed by atoms with Crippen LogP contribution in [0, 0.1) is 0 Å². The van der Waals surface area contributed by atoms with E-state index in [0.29, 0.717) is 19.6 Å². The summed E-state index contributed by atoms with van der Waals surface area (Å²) in [6, 6.07) is 24.8. The molecule has 0 bridgehead atoms. The van der Waals surface area contributed by atoms with Gasteiger partial charge in [0.15, 0.2) is 0 Å². The Balaban J connectivity index is 1.16. The van der Waals surface area contributed by atoms with Crippen molar-refractivity contribution in [3.05, 3.63) is 101 Å². The van der Waals surface area contributed by atoms with E-state index in [4.69, 9.17) is 0 Å². The summed E-state index contributed by atoms with van der Waals surface area (Å²) in [4.78, 5) is 17.2. The molecule has 170 valence electrons. The summed E-state index contributed by atoms with van der Waals surface area (Å²) >= 11 is 0. The molecule has 2 aliphatic heterocycles. The van der Waals surface area contributed by atoms with Crippen molar-refractivity contribution >= 4 is 11.6 Å². The summed E-state index contributed by atoms with van der Waals surface area (Å²) in [5, 5.41) is 14.2. The number of nitrogens with one attached hydrogen (secondary N) is 1. The van der Waals surface area contributed by atoms with Gasteiger partial charge in [0.25, 0.3) is 5.91 Å². The zero-order valence-corrected chi connectivity index (χ0v) is 18.9. The van der Waals surface area contributed by atoms with E-state index in [9.17, 15) is 9.90 Å². The van der Waals surface area contributed by atoms with Gasteiger partial charge in [-0.15, -0.1) is 0 Å². The van der Waals surface area contributed by atoms with Gasteiger partial charge in [0.05, 0.1) is 6.10 Å². The molecule has 0 saturated heterocycles. The molecule has 1 atom stereocenters. The standard InChI is InChI=1S/C28H31N3O2/c32-26(19-30-14-12-22-8-4-5-9-24(22)18-30)20-31-15-13-23-16-25(10-11-27(23)28(31)33)29-17-21-6-2-1-3-7-21/h1-11,16,26,29,32H,12-15,17-20H2/t26-/m1/s1. The van der Waals surface area contributed by atoms with Crippen LogP contribution in [0.1, 0.15) is 32.6 Å². The molecule has 0 saturated carbocycles. The first kappa shape index (κ1) is 21.7. The third-order valence-corrected chi connectivity index (χ3v) is 6.72. The Morgan fingerprint density at radius 2 is 1.61 bits per heavy atom. The minimum Gasteiger partial charge on any atom is -0.390 e. The molecular formula is C28H31N3O2.